The minimum atomic E-state index is -0.936. The van der Waals surface area contributed by atoms with Crippen molar-refractivity contribution in [1.82, 2.24) is 0 Å². The average molecular weight is 265 g/mol. The molecule has 5 nitrogen and oxygen atoms in total. The van der Waals surface area contributed by atoms with Gasteiger partial charge in [0.05, 0.1) is 5.71 Å². The number of hydrogen-bond acceptors (Lipinski definition) is 4. The van der Waals surface area contributed by atoms with Gasteiger partial charge in [-0.1, -0.05) is 24.2 Å². The van der Waals surface area contributed by atoms with E-state index < -0.39 is 11.9 Å². The largest absolute Gasteiger partial charge is 0.508 e. The topological polar surface area (TPSA) is 79.1 Å². The number of phenolic OH excluding ortho intramolecular Hbond substituents is 1. The summed E-state index contributed by atoms with van der Waals surface area (Å²) in [5.41, 5.74) is 1.27. The van der Waals surface area contributed by atoms with Crippen LogP contribution in [-0.4, -0.2) is 28.5 Å². The van der Waals surface area contributed by atoms with Gasteiger partial charge in [0.1, 0.15) is 18.3 Å². The van der Waals surface area contributed by atoms with Gasteiger partial charge in [0.15, 0.2) is 0 Å². The van der Waals surface area contributed by atoms with Crippen molar-refractivity contribution in [1.29, 1.82) is 0 Å². The Kier molecular flexibility index (Phi) is 5.85. The van der Waals surface area contributed by atoms with Crippen molar-refractivity contribution in [2.24, 2.45) is 11.1 Å². The number of nitrogens with zero attached hydrogens (tertiary/aromatic N) is 1. The summed E-state index contributed by atoms with van der Waals surface area (Å²) in [4.78, 5) is 16.3. The molecule has 0 aromatic heterocycles. The number of oxime groups is 1. The molecule has 0 heterocycles. The number of benzene rings is 1. The molecular formula is C14H19NO4. The predicted molar refractivity (Wildman–Crippen MR) is 72.3 cm³/mol. The van der Waals surface area contributed by atoms with Crippen LogP contribution in [0.25, 0.3) is 0 Å². The fraction of sp³-hybridized carbons (Fsp3) is 0.429. The van der Waals surface area contributed by atoms with E-state index in [9.17, 15) is 15.0 Å². The van der Waals surface area contributed by atoms with Gasteiger partial charge in [0.2, 0.25) is 0 Å². The van der Waals surface area contributed by atoms with Gasteiger partial charge in [-0.15, -0.1) is 0 Å². The Morgan fingerprint density at radius 3 is 2.53 bits per heavy atom. The lowest BCUT2D eigenvalue weighted by atomic mass is 9.95. The fourth-order valence-corrected chi connectivity index (χ4v) is 1.58. The SMILES string of the molecule is CCCO/N=C(\C)C(Cc1ccc(O)cc1)C(=O)O. The number of hydrogen-bond donors (Lipinski definition) is 2. The normalized spacial score (nSPS) is 13.1. The molecule has 1 atom stereocenters. The maximum Gasteiger partial charge on any atom is 0.312 e. The summed E-state index contributed by atoms with van der Waals surface area (Å²) in [6, 6.07) is 6.47. The van der Waals surface area contributed by atoms with Crippen LogP contribution in [0.1, 0.15) is 25.8 Å². The first-order valence-electron chi connectivity index (χ1n) is 6.21. The molecule has 1 aromatic carbocycles. The van der Waals surface area contributed by atoms with Gasteiger partial charge in [-0.25, -0.2) is 0 Å². The number of phenols is 1. The summed E-state index contributed by atoms with van der Waals surface area (Å²) < 4.78 is 0. The van der Waals surface area contributed by atoms with Gasteiger partial charge >= 0.3 is 5.97 Å². The second-order valence-electron chi connectivity index (χ2n) is 4.33. The summed E-state index contributed by atoms with van der Waals surface area (Å²) in [6.07, 6.45) is 1.15. The maximum absolute atomic E-state index is 11.3. The lowest BCUT2D eigenvalue weighted by Gasteiger charge is -2.12. The van der Waals surface area contributed by atoms with Gasteiger partial charge in [-0.05, 0) is 37.5 Å². The lowest BCUT2D eigenvalue weighted by molar-refractivity contribution is -0.139. The minimum absolute atomic E-state index is 0.160. The fourth-order valence-electron chi connectivity index (χ4n) is 1.58. The molecular weight excluding hydrogens is 246 g/mol. The molecule has 0 radical (unpaired) electrons. The molecule has 0 spiro atoms. The third kappa shape index (κ3) is 4.99. The van der Waals surface area contributed by atoms with Crippen molar-refractivity contribution >= 4 is 11.7 Å². The van der Waals surface area contributed by atoms with Crippen LogP contribution in [0.15, 0.2) is 29.4 Å². The first kappa shape index (κ1) is 15.0. The third-order valence-corrected chi connectivity index (χ3v) is 2.68. The smallest absolute Gasteiger partial charge is 0.312 e. The average Bonchev–Trinajstić information content (AvgIpc) is 2.37. The molecule has 0 bridgehead atoms. The van der Waals surface area contributed by atoms with Crippen molar-refractivity contribution in [3.8, 4) is 5.75 Å². The predicted octanol–water partition coefficient (Wildman–Crippen LogP) is 2.44. The number of aromatic hydroxyl groups is 1. The van der Waals surface area contributed by atoms with Gasteiger partial charge in [0.25, 0.3) is 0 Å². The van der Waals surface area contributed by atoms with E-state index in [2.05, 4.69) is 5.16 Å². The van der Waals surface area contributed by atoms with Crippen molar-refractivity contribution in [3.05, 3.63) is 29.8 Å². The zero-order chi connectivity index (χ0) is 14.3. The molecule has 104 valence electrons. The number of carbonyl (C=O) groups is 1. The Morgan fingerprint density at radius 2 is 2.00 bits per heavy atom. The summed E-state index contributed by atoms with van der Waals surface area (Å²) >= 11 is 0. The van der Waals surface area contributed by atoms with Gasteiger partial charge in [-0.2, -0.15) is 0 Å². The van der Waals surface area contributed by atoms with E-state index in [4.69, 9.17) is 4.84 Å². The van der Waals surface area contributed by atoms with Crippen molar-refractivity contribution in [2.75, 3.05) is 6.61 Å². The van der Waals surface area contributed by atoms with E-state index in [-0.39, 0.29) is 5.75 Å². The molecule has 2 N–H and O–H groups in total. The van der Waals surface area contributed by atoms with E-state index >= 15 is 0 Å². The first-order valence-corrected chi connectivity index (χ1v) is 6.21. The monoisotopic (exact) mass is 265 g/mol. The van der Waals surface area contributed by atoms with Gasteiger partial charge in [0, 0.05) is 0 Å². The number of carboxylic acids is 1. The van der Waals surface area contributed by atoms with E-state index in [1.54, 1.807) is 19.1 Å². The minimum Gasteiger partial charge on any atom is -0.508 e. The van der Waals surface area contributed by atoms with Gasteiger partial charge in [-0.3, -0.25) is 4.79 Å². The number of rotatable bonds is 7. The highest BCUT2D eigenvalue weighted by molar-refractivity contribution is 6.00. The van der Waals surface area contributed by atoms with E-state index in [1.165, 1.54) is 12.1 Å². The Labute approximate surface area is 112 Å². The number of carboxylic acid groups (broad SMARTS) is 1. The summed E-state index contributed by atoms with van der Waals surface area (Å²) in [5.74, 6) is -1.50. The standard InChI is InChI=1S/C14H19NO4/c1-3-8-19-15-10(2)13(14(17)18)9-11-4-6-12(16)7-5-11/h4-7,13,16H,3,8-9H2,1-2H3,(H,17,18)/b15-10+. The third-order valence-electron chi connectivity index (χ3n) is 2.68. The zero-order valence-corrected chi connectivity index (χ0v) is 11.2. The van der Waals surface area contributed by atoms with E-state index in [0.29, 0.717) is 18.7 Å². The van der Waals surface area contributed by atoms with Crippen molar-refractivity contribution in [3.63, 3.8) is 0 Å². The highest BCUT2D eigenvalue weighted by atomic mass is 16.6. The Balaban J connectivity index is 2.75. The van der Waals surface area contributed by atoms with Crippen molar-refractivity contribution in [2.45, 2.75) is 26.7 Å². The molecule has 1 rings (SSSR count). The summed E-state index contributed by atoms with van der Waals surface area (Å²) in [7, 11) is 0. The molecule has 0 fully saturated rings. The van der Waals surface area contributed by atoms with Crippen LogP contribution >= 0.6 is 0 Å². The zero-order valence-electron chi connectivity index (χ0n) is 11.2. The van der Waals surface area contributed by atoms with Crippen LogP contribution in [-0.2, 0) is 16.1 Å². The molecule has 1 unspecified atom stereocenters. The Morgan fingerprint density at radius 1 is 1.37 bits per heavy atom. The van der Waals surface area contributed by atoms with Crippen LogP contribution in [0.2, 0.25) is 0 Å². The van der Waals surface area contributed by atoms with Crippen LogP contribution in [0.4, 0.5) is 0 Å². The summed E-state index contributed by atoms with van der Waals surface area (Å²) in [6.45, 7) is 4.08. The van der Waals surface area contributed by atoms with E-state index in [0.717, 1.165) is 12.0 Å². The van der Waals surface area contributed by atoms with Crippen LogP contribution in [0.3, 0.4) is 0 Å². The second-order valence-corrected chi connectivity index (χ2v) is 4.33. The molecule has 0 saturated heterocycles. The quantitative estimate of drug-likeness (QED) is 0.451. The van der Waals surface area contributed by atoms with E-state index in [1.807, 2.05) is 6.92 Å². The molecule has 5 heteroatoms. The molecule has 0 aliphatic heterocycles. The Hall–Kier alpha value is -2.04. The van der Waals surface area contributed by atoms with Crippen LogP contribution < -0.4 is 0 Å². The highest BCUT2D eigenvalue weighted by Gasteiger charge is 2.22. The van der Waals surface area contributed by atoms with Crippen LogP contribution in [0, 0.1) is 5.92 Å². The number of aliphatic carboxylic acids is 1. The lowest BCUT2D eigenvalue weighted by Crippen LogP contribution is -2.24. The highest BCUT2D eigenvalue weighted by Crippen LogP contribution is 2.15. The molecule has 0 aliphatic rings. The Bertz CT molecular complexity index is 439. The van der Waals surface area contributed by atoms with Crippen LogP contribution in [0.5, 0.6) is 5.75 Å². The molecule has 19 heavy (non-hydrogen) atoms. The van der Waals surface area contributed by atoms with Crippen molar-refractivity contribution < 1.29 is 19.8 Å². The molecule has 0 saturated carbocycles. The summed E-state index contributed by atoms with van der Waals surface area (Å²) in [5, 5.41) is 22.3. The molecule has 0 amide bonds. The maximum atomic E-state index is 11.3. The first-order chi connectivity index (χ1) is 9.04. The molecule has 0 aliphatic carbocycles. The second kappa shape index (κ2) is 7.41. The molecule has 1 aromatic rings. The van der Waals surface area contributed by atoms with Gasteiger partial charge < -0.3 is 15.1 Å².